The van der Waals surface area contributed by atoms with E-state index in [-0.39, 0.29) is 48.2 Å². The minimum absolute atomic E-state index is 0.0202. The van der Waals surface area contributed by atoms with E-state index < -0.39 is 29.2 Å². The number of esters is 1. The maximum Gasteiger partial charge on any atom is 0.345 e. The Kier molecular flexibility index (Phi) is 7.03. The number of benzene rings is 1. The fourth-order valence-corrected chi connectivity index (χ4v) is 6.40. The smallest absolute Gasteiger partial charge is 0.345 e. The lowest BCUT2D eigenvalue weighted by Crippen LogP contribution is -2.44. The molecule has 0 N–H and O–H groups in total. The highest BCUT2D eigenvalue weighted by molar-refractivity contribution is 5.89. The molecule has 2 aromatic heterocycles. The average Bonchev–Trinajstić information content (AvgIpc) is 3.42. The van der Waals surface area contributed by atoms with Crippen molar-refractivity contribution < 1.29 is 18.3 Å². The molecule has 218 valence electrons. The number of fused-ring (bicyclic) bond motifs is 2. The summed E-state index contributed by atoms with van der Waals surface area (Å²) in [6.45, 7) is 8.19. The molecule has 0 radical (unpaired) electrons. The van der Waals surface area contributed by atoms with Crippen LogP contribution in [0.5, 0.6) is 0 Å². The van der Waals surface area contributed by atoms with Gasteiger partial charge in [0.2, 0.25) is 0 Å². The molecule has 5 rings (SSSR count). The van der Waals surface area contributed by atoms with Crippen LogP contribution in [0.2, 0.25) is 0 Å². The van der Waals surface area contributed by atoms with Gasteiger partial charge in [0.25, 0.3) is 11.5 Å². The number of rotatable bonds is 6. The minimum Gasteiger partial charge on any atom is -0.462 e. The van der Waals surface area contributed by atoms with E-state index in [4.69, 9.17) is 4.74 Å². The van der Waals surface area contributed by atoms with Crippen LogP contribution >= 0.6 is 0 Å². The van der Waals surface area contributed by atoms with Crippen LogP contribution in [0.1, 0.15) is 104 Å². The summed E-state index contributed by atoms with van der Waals surface area (Å²) < 4.78 is 39.5. The van der Waals surface area contributed by atoms with Crippen molar-refractivity contribution in [2.45, 2.75) is 77.8 Å². The van der Waals surface area contributed by atoms with E-state index in [2.05, 4.69) is 0 Å². The van der Waals surface area contributed by atoms with Gasteiger partial charge >= 0.3 is 17.3 Å². The van der Waals surface area contributed by atoms with Crippen molar-refractivity contribution in [3.05, 3.63) is 89.4 Å². The van der Waals surface area contributed by atoms with Crippen LogP contribution in [0.4, 0.5) is 8.78 Å². The monoisotopic (exact) mass is 568 g/mol. The molecule has 2 aliphatic carbocycles. The molecule has 9 nitrogen and oxygen atoms in total. The van der Waals surface area contributed by atoms with Gasteiger partial charge in [0, 0.05) is 49.1 Å². The maximum absolute atomic E-state index is 14.4. The Morgan fingerprint density at radius 3 is 2.51 bits per heavy atom. The van der Waals surface area contributed by atoms with Gasteiger partial charge in [-0.2, -0.15) is 0 Å². The number of imidazole rings is 1. The van der Waals surface area contributed by atoms with Crippen LogP contribution in [0, 0.1) is 0 Å². The quantitative estimate of drug-likeness (QED) is 0.410. The Hall–Kier alpha value is -4.02. The lowest BCUT2D eigenvalue weighted by atomic mass is 9.93. The number of allylic oxidation sites excluding steroid dienone is 1. The van der Waals surface area contributed by atoms with Crippen LogP contribution in [0.15, 0.2) is 38.8 Å². The molecule has 0 saturated heterocycles. The summed E-state index contributed by atoms with van der Waals surface area (Å²) in [5.41, 5.74) is 0.690. The van der Waals surface area contributed by atoms with Crippen LogP contribution in [0.25, 0.3) is 11.8 Å². The number of hydrogen-bond donors (Lipinski definition) is 0. The van der Waals surface area contributed by atoms with Crippen LogP contribution < -0.4 is 16.9 Å². The normalized spacial score (nSPS) is 18.3. The lowest BCUT2D eigenvalue weighted by molar-refractivity contribution is 0.0166. The molecular formula is C30H34F2N4O5. The van der Waals surface area contributed by atoms with E-state index >= 15 is 0 Å². The first kappa shape index (κ1) is 28.5. The van der Waals surface area contributed by atoms with Gasteiger partial charge in [-0.05, 0) is 57.2 Å². The second-order valence-corrected chi connectivity index (χ2v) is 11.2. The number of hydrogen-bond acceptors (Lipinski definition) is 5. The zero-order valence-corrected chi connectivity index (χ0v) is 24.0. The summed E-state index contributed by atoms with van der Waals surface area (Å²) >= 11 is 0. The van der Waals surface area contributed by atoms with Gasteiger partial charge in [-0.1, -0.05) is 25.1 Å². The Morgan fingerprint density at radius 2 is 1.88 bits per heavy atom. The van der Waals surface area contributed by atoms with Gasteiger partial charge < -0.3 is 4.74 Å². The summed E-state index contributed by atoms with van der Waals surface area (Å²) in [7, 11) is 1.71. The molecule has 41 heavy (non-hydrogen) atoms. The standard InChI is InChI=1S/C30H34F2N4O5/c1-7-41-27(38)21-15-34(18-13-17(4)25-24(14-18)35(16(2)3)28(39)33(25)6)29(40)36(26(21)37)23-12-11-19-20(23)9-8-10-22(19)30(5,31)32/h8-10,14-17,23H,7,11-13H2,1-6H3/t17?,23-/m1/s1. The van der Waals surface area contributed by atoms with Crippen molar-refractivity contribution in [1.82, 2.24) is 18.3 Å². The largest absolute Gasteiger partial charge is 0.462 e. The maximum atomic E-state index is 14.4. The van der Waals surface area contributed by atoms with Crippen molar-refractivity contribution in [1.29, 1.82) is 0 Å². The molecule has 0 bridgehead atoms. The number of aromatic nitrogens is 4. The third-order valence-corrected chi connectivity index (χ3v) is 8.13. The molecule has 0 fully saturated rings. The predicted molar refractivity (Wildman–Crippen MR) is 151 cm³/mol. The summed E-state index contributed by atoms with van der Waals surface area (Å²) in [6, 6.07) is 3.51. The second-order valence-electron chi connectivity index (χ2n) is 11.2. The fourth-order valence-electron chi connectivity index (χ4n) is 6.40. The van der Waals surface area contributed by atoms with Crippen molar-refractivity contribution in [3.63, 3.8) is 0 Å². The molecule has 1 unspecified atom stereocenters. The zero-order valence-electron chi connectivity index (χ0n) is 24.0. The molecule has 2 atom stereocenters. The molecule has 0 aliphatic heterocycles. The summed E-state index contributed by atoms with van der Waals surface area (Å²) in [6.07, 6.45) is 3.81. The van der Waals surface area contributed by atoms with E-state index in [1.807, 2.05) is 20.8 Å². The van der Waals surface area contributed by atoms with E-state index in [0.29, 0.717) is 28.9 Å². The first-order valence-electron chi connectivity index (χ1n) is 13.8. The summed E-state index contributed by atoms with van der Waals surface area (Å²) in [5.74, 6) is -4.13. The average molecular weight is 569 g/mol. The Labute approximate surface area is 235 Å². The van der Waals surface area contributed by atoms with Gasteiger partial charge in [-0.25, -0.2) is 23.2 Å². The number of alkyl halides is 2. The number of carbonyl (C=O) groups excluding carboxylic acids is 1. The topological polar surface area (TPSA) is 97.2 Å². The molecule has 1 aromatic carbocycles. The van der Waals surface area contributed by atoms with Gasteiger partial charge in [-0.3, -0.25) is 23.1 Å². The second kappa shape index (κ2) is 10.1. The van der Waals surface area contributed by atoms with E-state index in [9.17, 15) is 28.0 Å². The highest BCUT2D eigenvalue weighted by atomic mass is 19.3. The fraction of sp³-hybridized carbons (Fsp3) is 0.467. The predicted octanol–water partition coefficient (Wildman–Crippen LogP) is 4.42. The van der Waals surface area contributed by atoms with E-state index in [1.165, 1.54) is 22.9 Å². The van der Waals surface area contributed by atoms with Gasteiger partial charge in [0.1, 0.15) is 5.56 Å². The van der Waals surface area contributed by atoms with Crippen molar-refractivity contribution in [2.24, 2.45) is 7.05 Å². The Balaban J connectivity index is 1.77. The van der Waals surface area contributed by atoms with Crippen LogP contribution in [0.3, 0.4) is 0 Å². The number of carbonyl (C=O) groups is 1. The minimum atomic E-state index is -3.10. The number of ether oxygens (including phenoxy) is 1. The Morgan fingerprint density at radius 1 is 1.17 bits per heavy atom. The van der Waals surface area contributed by atoms with Crippen LogP contribution in [-0.4, -0.2) is 30.8 Å². The van der Waals surface area contributed by atoms with Gasteiger partial charge in [0.15, 0.2) is 0 Å². The van der Waals surface area contributed by atoms with Gasteiger partial charge in [0.05, 0.1) is 18.3 Å². The van der Waals surface area contributed by atoms with E-state index in [1.54, 1.807) is 35.2 Å². The molecular weight excluding hydrogens is 534 g/mol. The third-order valence-electron chi connectivity index (χ3n) is 8.13. The highest BCUT2D eigenvalue weighted by Crippen LogP contribution is 2.41. The van der Waals surface area contributed by atoms with Gasteiger partial charge in [-0.15, -0.1) is 0 Å². The zero-order chi connectivity index (χ0) is 30.0. The SMILES string of the molecule is CCOC(=O)c1cn(C2=Cc3c(n(C)c(=O)n3C(C)C)C(C)C2)c(=O)n([C@@H]2CCc3c2cccc3C(C)(F)F)c1=O. The molecule has 2 heterocycles. The molecule has 3 aromatic rings. The van der Waals surface area contributed by atoms with Crippen molar-refractivity contribution >= 4 is 17.7 Å². The molecule has 11 heteroatoms. The number of halogens is 2. The summed E-state index contributed by atoms with van der Waals surface area (Å²) in [5, 5.41) is 0. The third kappa shape index (κ3) is 4.51. The number of nitrogens with zero attached hydrogens (tertiary/aromatic N) is 4. The first-order chi connectivity index (χ1) is 19.3. The lowest BCUT2D eigenvalue weighted by Gasteiger charge is -2.25. The van der Waals surface area contributed by atoms with Crippen molar-refractivity contribution in [3.8, 4) is 0 Å². The molecule has 0 amide bonds. The first-order valence-corrected chi connectivity index (χ1v) is 13.8. The van der Waals surface area contributed by atoms with Crippen molar-refractivity contribution in [2.75, 3.05) is 6.61 Å². The van der Waals surface area contributed by atoms with E-state index in [0.717, 1.165) is 17.2 Å². The van der Waals surface area contributed by atoms with Crippen LogP contribution in [-0.2, 0) is 24.1 Å². The highest BCUT2D eigenvalue weighted by Gasteiger charge is 2.36. The molecule has 2 aliphatic rings. The summed E-state index contributed by atoms with van der Waals surface area (Å²) in [4.78, 5) is 53.8. The molecule has 0 saturated carbocycles. The molecule has 0 spiro atoms. The Bertz CT molecular complexity index is 1770.